The first kappa shape index (κ1) is 14.3. The molecule has 2 aliphatic rings. The van der Waals surface area contributed by atoms with Gasteiger partial charge >= 0.3 is 0 Å². The van der Waals surface area contributed by atoms with E-state index >= 15 is 0 Å². The molecular formula is C19H22O2. The number of hydrogen-bond acceptors (Lipinski definition) is 2. The van der Waals surface area contributed by atoms with E-state index in [-0.39, 0.29) is 24.0 Å². The highest BCUT2D eigenvalue weighted by molar-refractivity contribution is 5.84. The predicted molar refractivity (Wildman–Crippen MR) is 83.8 cm³/mol. The lowest BCUT2D eigenvalue weighted by molar-refractivity contribution is -0.161. The molecule has 0 amide bonds. The number of ketones is 1. The minimum Gasteiger partial charge on any atom is -0.368 e. The third-order valence-corrected chi connectivity index (χ3v) is 4.71. The Balaban J connectivity index is 1.87. The predicted octanol–water partition coefficient (Wildman–Crippen LogP) is 4.10. The molecule has 1 aliphatic carbocycles. The van der Waals surface area contributed by atoms with Crippen molar-refractivity contribution in [3.05, 3.63) is 60.2 Å². The first-order valence-electron chi connectivity index (χ1n) is 7.76. The summed E-state index contributed by atoms with van der Waals surface area (Å²) in [5, 5.41) is 0. The molecule has 5 unspecified atom stereocenters. The lowest BCUT2D eigenvalue weighted by Crippen LogP contribution is -2.45. The molecule has 0 spiro atoms. The van der Waals surface area contributed by atoms with Crippen LogP contribution < -0.4 is 0 Å². The standard InChI is InChI=1S/C19H22O2/c1-13-17(20)14(2)19(16-11-7-4-8-12-16)21-18(13)15-9-5-3-6-10-15/h3-11,13-14,16,18-19H,12H2,1-2H3. The van der Waals surface area contributed by atoms with Gasteiger partial charge in [-0.25, -0.2) is 0 Å². The highest BCUT2D eigenvalue weighted by atomic mass is 16.5. The van der Waals surface area contributed by atoms with E-state index in [0.717, 1.165) is 12.0 Å². The smallest absolute Gasteiger partial charge is 0.144 e. The van der Waals surface area contributed by atoms with Gasteiger partial charge in [-0.15, -0.1) is 0 Å². The van der Waals surface area contributed by atoms with Crippen LogP contribution in [0.3, 0.4) is 0 Å². The SMILES string of the molecule is CC1C(=O)C(C)C(C2C=CC=CC2)OC1c1ccccc1. The fourth-order valence-electron chi connectivity index (χ4n) is 3.46. The Bertz CT molecular complexity index is 558. The first-order valence-corrected chi connectivity index (χ1v) is 7.76. The summed E-state index contributed by atoms with van der Waals surface area (Å²) in [6, 6.07) is 10.1. The van der Waals surface area contributed by atoms with E-state index in [1.54, 1.807) is 0 Å². The van der Waals surface area contributed by atoms with Gasteiger partial charge in [-0.1, -0.05) is 68.5 Å². The van der Waals surface area contributed by atoms with Gasteiger partial charge in [0.05, 0.1) is 12.2 Å². The molecule has 1 aromatic rings. The molecule has 110 valence electrons. The zero-order valence-electron chi connectivity index (χ0n) is 12.6. The average molecular weight is 282 g/mol. The van der Waals surface area contributed by atoms with Crippen LogP contribution in [0.25, 0.3) is 0 Å². The maximum Gasteiger partial charge on any atom is 0.144 e. The van der Waals surface area contributed by atoms with Gasteiger partial charge < -0.3 is 4.74 Å². The van der Waals surface area contributed by atoms with Crippen LogP contribution in [-0.2, 0) is 9.53 Å². The summed E-state index contributed by atoms with van der Waals surface area (Å²) in [5.41, 5.74) is 1.10. The van der Waals surface area contributed by atoms with E-state index in [1.165, 1.54) is 0 Å². The van der Waals surface area contributed by atoms with Gasteiger partial charge in [-0.2, -0.15) is 0 Å². The maximum atomic E-state index is 12.6. The van der Waals surface area contributed by atoms with Gasteiger partial charge in [0.25, 0.3) is 0 Å². The number of carbonyl (C=O) groups is 1. The van der Waals surface area contributed by atoms with Crippen molar-refractivity contribution in [3.63, 3.8) is 0 Å². The number of allylic oxidation sites excluding steroid dienone is 3. The summed E-state index contributed by atoms with van der Waals surface area (Å²) in [4.78, 5) is 12.6. The van der Waals surface area contributed by atoms with Crippen LogP contribution in [0.5, 0.6) is 0 Å². The second kappa shape index (κ2) is 5.98. The van der Waals surface area contributed by atoms with Crippen LogP contribution in [0.4, 0.5) is 0 Å². The van der Waals surface area contributed by atoms with Crippen molar-refractivity contribution in [1.29, 1.82) is 0 Å². The van der Waals surface area contributed by atoms with Crippen molar-refractivity contribution < 1.29 is 9.53 Å². The molecule has 1 aliphatic heterocycles. The van der Waals surface area contributed by atoms with E-state index in [9.17, 15) is 4.79 Å². The number of Topliss-reactive ketones (excluding diaryl/α,β-unsaturated/α-hetero) is 1. The molecule has 0 N–H and O–H groups in total. The molecule has 1 saturated heterocycles. The molecule has 0 saturated carbocycles. The summed E-state index contributed by atoms with van der Waals surface area (Å²) in [6.07, 6.45) is 9.24. The Morgan fingerprint density at radius 3 is 2.48 bits per heavy atom. The summed E-state index contributed by atoms with van der Waals surface area (Å²) in [6.45, 7) is 4.00. The third-order valence-electron chi connectivity index (χ3n) is 4.71. The molecule has 0 radical (unpaired) electrons. The highest BCUT2D eigenvalue weighted by Crippen LogP contribution is 2.40. The number of rotatable bonds is 2. The number of ether oxygens (including phenoxy) is 1. The monoisotopic (exact) mass is 282 g/mol. The van der Waals surface area contributed by atoms with E-state index in [4.69, 9.17) is 4.74 Å². The summed E-state index contributed by atoms with van der Waals surface area (Å²) < 4.78 is 6.40. The Morgan fingerprint density at radius 2 is 1.81 bits per heavy atom. The van der Waals surface area contributed by atoms with E-state index in [0.29, 0.717) is 11.7 Å². The molecule has 1 aromatic carbocycles. The molecule has 21 heavy (non-hydrogen) atoms. The Morgan fingerprint density at radius 1 is 1.05 bits per heavy atom. The van der Waals surface area contributed by atoms with Crippen molar-refractivity contribution in [2.45, 2.75) is 32.5 Å². The lowest BCUT2D eigenvalue weighted by Gasteiger charge is -2.41. The van der Waals surface area contributed by atoms with Crippen LogP contribution in [0, 0.1) is 17.8 Å². The van der Waals surface area contributed by atoms with Crippen LogP contribution in [-0.4, -0.2) is 11.9 Å². The topological polar surface area (TPSA) is 26.3 Å². The van der Waals surface area contributed by atoms with Crippen molar-refractivity contribution in [2.75, 3.05) is 0 Å². The fourth-order valence-corrected chi connectivity index (χ4v) is 3.46. The highest BCUT2D eigenvalue weighted by Gasteiger charge is 2.43. The van der Waals surface area contributed by atoms with Gasteiger partial charge in [-0.05, 0) is 12.0 Å². The van der Waals surface area contributed by atoms with Crippen LogP contribution in [0.1, 0.15) is 31.9 Å². The zero-order valence-corrected chi connectivity index (χ0v) is 12.6. The van der Waals surface area contributed by atoms with E-state index in [1.807, 2.05) is 32.0 Å². The minimum absolute atomic E-state index is 0.0277. The number of hydrogen-bond donors (Lipinski definition) is 0. The largest absolute Gasteiger partial charge is 0.368 e. The van der Waals surface area contributed by atoms with Crippen molar-refractivity contribution in [2.24, 2.45) is 17.8 Å². The van der Waals surface area contributed by atoms with Crippen LogP contribution in [0.15, 0.2) is 54.6 Å². The normalized spacial score (nSPS) is 35.9. The minimum atomic E-state index is -0.126. The second-order valence-electron chi connectivity index (χ2n) is 6.12. The van der Waals surface area contributed by atoms with Gasteiger partial charge in [0, 0.05) is 17.8 Å². The molecule has 5 atom stereocenters. The first-order chi connectivity index (χ1) is 10.2. The summed E-state index contributed by atoms with van der Waals surface area (Å²) >= 11 is 0. The molecule has 2 heteroatoms. The third kappa shape index (κ3) is 2.73. The second-order valence-corrected chi connectivity index (χ2v) is 6.12. The zero-order chi connectivity index (χ0) is 14.8. The lowest BCUT2D eigenvalue weighted by atomic mass is 9.77. The summed E-state index contributed by atoms with van der Waals surface area (Å²) in [7, 11) is 0. The van der Waals surface area contributed by atoms with Crippen LogP contribution >= 0.6 is 0 Å². The number of carbonyl (C=O) groups excluding carboxylic acids is 1. The summed E-state index contributed by atoms with van der Waals surface area (Å²) in [5.74, 6) is 0.499. The average Bonchev–Trinajstić information content (AvgIpc) is 2.55. The molecular weight excluding hydrogens is 260 g/mol. The van der Waals surface area contributed by atoms with Gasteiger partial charge in [0.1, 0.15) is 5.78 Å². The molecule has 1 heterocycles. The Kier molecular flexibility index (Phi) is 4.07. The van der Waals surface area contributed by atoms with Gasteiger partial charge in [-0.3, -0.25) is 4.79 Å². The van der Waals surface area contributed by atoms with Crippen molar-refractivity contribution in [1.82, 2.24) is 0 Å². The van der Waals surface area contributed by atoms with Gasteiger partial charge in [0.2, 0.25) is 0 Å². The molecule has 0 bridgehead atoms. The number of benzene rings is 1. The van der Waals surface area contributed by atoms with E-state index in [2.05, 4.69) is 36.4 Å². The van der Waals surface area contributed by atoms with Gasteiger partial charge in [0.15, 0.2) is 0 Å². The van der Waals surface area contributed by atoms with Crippen LogP contribution in [0.2, 0.25) is 0 Å². The van der Waals surface area contributed by atoms with E-state index < -0.39 is 0 Å². The quantitative estimate of drug-likeness (QED) is 0.816. The molecule has 3 rings (SSSR count). The van der Waals surface area contributed by atoms with Crippen molar-refractivity contribution in [3.8, 4) is 0 Å². The van der Waals surface area contributed by atoms with Crippen molar-refractivity contribution >= 4 is 5.78 Å². The molecule has 0 aromatic heterocycles. The fraction of sp³-hybridized carbons (Fsp3) is 0.421. The molecule has 1 fully saturated rings. The maximum absolute atomic E-state index is 12.6. The molecule has 2 nitrogen and oxygen atoms in total. The Hall–Kier alpha value is -1.67. The Labute approximate surface area is 126 Å².